The maximum atomic E-state index is 12.1. The number of amides is 1. The number of hydrogen-bond donors (Lipinski definition) is 1. The van der Waals surface area contributed by atoms with Gasteiger partial charge < -0.3 is 10.1 Å². The van der Waals surface area contributed by atoms with Gasteiger partial charge in [0.05, 0.1) is 5.25 Å². The standard InChI is InChI=1S/C16H23NO2S/c1-2-3-10-19-11-6-9-17-16(18)15-12-13-7-4-5-8-14(13)20-15/h4-5,7-8,15H,2-3,6,9-12H2,1H3,(H,17,18). The lowest BCUT2D eigenvalue weighted by atomic mass is 10.1. The van der Waals surface area contributed by atoms with E-state index in [1.807, 2.05) is 12.1 Å². The van der Waals surface area contributed by atoms with Gasteiger partial charge in [0.1, 0.15) is 0 Å². The molecule has 20 heavy (non-hydrogen) atoms. The smallest absolute Gasteiger partial charge is 0.233 e. The number of nitrogens with one attached hydrogen (secondary N) is 1. The summed E-state index contributed by atoms with van der Waals surface area (Å²) in [4.78, 5) is 13.3. The Morgan fingerprint density at radius 3 is 2.95 bits per heavy atom. The van der Waals surface area contributed by atoms with Crippen LogP contribution in [0.3, 0.4) is 0 Å². The number of rotatable bonds is 8. The molecule has 1 aliphatic rings. The van der Waals surface area contributed by atoms with Crippen LogP contribution in [0.25, 0.3) is 0 Å². The fourth-order valence-corrected chi connectivity index (χ4v) is 3.40. The summed E-state index contributed by atoms with van der Waals surface area (Å²) in [6, 6.07) is 8.26. The quantitative estimate of drug-likeness (QED) is 0.749. The number of fused-ring (bicyclic) bond motifs is 1. The Labute approximate surface area is 125 Å². The fourth-order valence-electron chi connectivity index (χ4n) is 2.18. The molecule has 0 saturated carbocycles. The summed E-state index contributed by atoms with van der Waals surface area (Å²) >= 11 is 1.68. The first-order valence-electron chi connectivity index (χ1n) is 7.41. The Kier molecular flexibility index (Phi) is 6.40. The first kappa shape index (κ1) is 15.4. The average molecular weight is 293 g/mol. The zero-order valence-corrected chi connectivity index (χ0v) is 12.9. The molecule has 0 spiro atoms. The first-order chi connectivity index (χ1) is 9.81. The van der Waals surface area contributed by atoms with Crippen molar-refractivity contribution in [2.45, 2.75) is 42.8 Å². The van der Waals surface area contributed by atoms with Crippen LogP contribution >= 0.6 is 11.8 Å². The third-order valence-electron chi connectivity index (χ3n) is 3.35. The van der Waals surface area contributed by atoms with Gasteiger partial charge in [-0.15, -0.1) is 11.8 Å². The minimum Gasteiger partial charge on any atom is -0.381 e. The van der Waals surface area contributed by atoms with Crippen molar-refractivity contribution in [2.75, 3.05) is 19.8 Å². The number of thioether (sulfide) groups is 1. The minimum atomic E-state index is 0.0356. The monoisotopic (exact) mass is 293 g/mol. The van der Waals surface area contributed by atoms with Crippen molar-refractivity contribution in [3.63, 3.8) is 0 Å². The number of carbonyl (C=O) groups is 1. The van der Waals surface area contributed by atoms with Gasteiger partial charge in [-0.05, 0) is 30.9 Å². The maximum absolute atomic E-state index is 12.1. The van der Waals surface area contributed by atoms with Crippen molar-refractivity contribution in [3.05, 3.63) is 29.8 Å². The normalized spacial score (nSPS) is 16.9. The van der Waals surface area contributed by atoms with Crippen LogP contribution in [-0.4, -0.2) is 30.9 Å². The molecule has 0 aliphatic carbocycles. The Hall–Kier alpha value is -1.00. The highest BCUT2D eigenvalue weighted by atomic mass is 32.2. The van der Waals surface area contributed by atoms with Gasteiger partial charge in [-0.25, -0.2) is 0 Å². The molecule has 2 rings (SSSR count). The van der Waals surface area contributed by atoms with Gasteiger partial charge in [-0.1, -0.05) is 31.5 Å². The predicted octanol–water partition coefficient (Wildman–Crippen LogP) is 3.03. The van der Waals surface area contributed by atoms with E-state index in [1.165, 1.54) is 10.5 Å². The van der Waals surface area contributed by atoms with Crippen LogP contribution in [0.1, 0.15) is 31.7 Å². The van der Waals surface area contributed by atoms with Crippen LogP contribution in [0, 0.1) is 0 Å². The highest BCUT2D eigenvalue weighted by Gasteiger charge is 2.27. The maximum Gasteiger partial charge on any atom is 0.233 e. The van der Waals surface area contributed by atoms with Gasteiger partial charge in [0.25, 0.3) is 0 Å². The molecule has 1 atom stereocenters. The van der Waals surface area contributed by atoms with Crippen LogP contribution in [0.2, 0.25) is 0 Å². The second-order valence-corrected chi connectivity index (χ2v) is 6.27. The van der Waals surface area contributed by atoms with E-state index in [0.29, 0.717) is 6.54 Å². The first-order valence-corrected chi connectivity index (χ1v) is 8.29. The summed E-state index contributed by atoms with van der Waals surface area (Å²) in [7, 11) is 0. The van der Waals surface area contributed by atoms with Gasteiger partial charge in [0.2, 0.25) is 5.91 Å². The Morgan fingerprint density at radius 2 is 2.15 bits per heavy atom. The summed E-state index contributed by atoms with van der Waals surface area (Å²) in [6.07, 6.45) is 4.01. The molecule has 1 aromatic rings. The molecule has 0 saturated heterocycles. The summed E-state index contributed by atoms with van der Waals surface area (Å²) in [5.41, 5.74) is 1.29. The molecule has 0 bridgehead atoms. The summed E-state index contributed by atoms with van der Waals surface area (Å²) < 4.78 is 5.48. The minimum absolute atomic E-state index is 0.0356. The topological polar surface area (TPSA) is 38.3 Å². The Balaban J connectivity index is 1.60. The van der Waals surface area contributed by atoms with E-state index in [2.05, 4.69) is 24.4 Å². The van der Waals surface area contributed by atoms with Crippen molar-refractivity contribution in [3.8, 4) is 0 Å². The van der Waals surface area contributed by atoms with Crippen LogP contribution < -0.4 is 5.32 Å². The molecule has 1 unspecified atom stereocenters. The van der Waals surface area contributed by atoms with Gasteiger partial charge in [-0.2, -0.15) is 0 Å². The SMILES string of the molecule is CCCCOCCCNC(=O)C1Cc2ccccc2S1. The van der Waals surface area contributed by atoms with Crippen LogP contribution in [-0.2, 0) is 16.0 Å². The van der Waals surface area contributed by atoms with Crippen LogP contribution in [0.15, 0.2) is 29.2 Å². The largest absolute Gasteiger partial charge is 0.381 e. The van der Waals surface area contributed by atoms with Crippen LogP contribution in [0.4, 0.5) is 0 Å². The average Bonchev–Trinajstić information content (AvgIpc) is 2.90. The molecule has 1 aromatic carbocycles. The lowest BCUT2D eigenvalue weighted by molar-refractivity contribution is -0.120. The molecule has 0 fully saturated rings. The lowest BCUT2D eigenvalue weighted by Crippen LogP contribution is -2.33. The van der Waals surface area contributed by atoms with Gasteiger partial charge in [0, 0.05) is 24.7 Å². The molecule has 4 heteroatoms. The lowest BCUT2D eigenvalue weighted by Gasteiger charge is -2.10. The molecule has 0 aromatic heterocycles. The van der Waals surface area contributed by atoms with Crippen molar-refractivity contribution < 1.29 is 9.53 Å². The fraction of sp³-hybridized carbons (Fsp3) is 0.562. The number of ether oxygens (including phenoxy) is 1. The van der Waals surface area contributed by atoms with E-state index < -0.39 is 0 Å². The number of unbranched alkanes of at least 4 members (excludes halogenated alkanes) is 1. The third-order valence-corrected chi connectivity index (χ3v) is 4.66. The van der Waals surface area contributed by atoms with Gasteiger partial charge in [-0.3, -0.25) is 4.79 Å². The molecule has 110 valence electrons. The summed E-state index contributed by atoms with van der Waals surface area (Å²) in [5, 5.41) is 3.05. The van der Waals surface area contributed by atoms with Crippen molar-refractivity contribution in [1.82, 2.24) is 5.32 Å². The Morgan fingerprint density at radius 1 is 1.35 bits per heavy atom. The molecule has 1 heterocycles. The third kappa shape index (κ3) is 4.53. The molecule has 1 amide bonds. The molecular formula is C16H23NO2S. The zero-order valence-electron chi connectivity index (χ0n) is 12.1. The van der Waals surface area contributed by atoms with E-state index in [4.69, 9.17) is 4.74 Å². The van der Waals surface area contributed by atoms with Crippen molar-refractivity contribution >= 4 is 17.7 Å². The Bertz CT molecular complexity index is 411. The molecule has 1 aliphatic heterocycles. The van der Waals surface area contributed by atoms with E-state index >= 15 is 0 Å². The van der Waals surface area contributed by atoms with E-state index in [9.17, 15) is 4.79 Å². The highest BCUT2D eigenvalue weighted by Crippen LogP contribution is 2.36. The van der Waals surface area contributed by atoms with Crippen molar-refractivity contribution in [2.24, 2.45) is 0 Å². The van der Waals surface area contributed by atoms with E-state index in [-0.39, 0.29) is 11.2 Å². The van der Waals surface area contributed by atoms with Gasteiger partial charge in [0.15, 0.2) is 0 Å². The summed E-state index contributed by atoms with van der Waals surface area (Å²) in [5.74, 6) is 0.153. The second kappa shape index (κ2) is 8.32. The van der Waals surface area contributed by atoms with Crippen molar-refractivity contribution in [1.29, 1.82) is 0 Å². The second-order valence-electron chi connectivity index (χ2n) is 5.03. The number of carbonyl (C=O) groups excluding carboxylic acids is 1. The molecule has 3 nitrogen and oxygen atoms in total. The van der Waals surface area contributed by atoms with E-state index in [0.717, 1.165) is 38.9 Å². The highest BCUT2D eigenvalue weighted by molar-refractivity contribution is 8.01. The number of hydrogen-bond acceptors (Lipinski definition) is 3. The predicted molar refractivity (Wildman–Crippen MR) is 83.1 cm³/mol. The molecule has 1 N–H and O–H groups in total. The van der Waals surface area contributed by atoms with E-state index in [1.54, 1.807) is 11.8 Å². The zero-order chi connectivity index (χ0) is 14.2. The van der Waals surface area contributed by atoms with Gasteiger partial charge >= 0.3 is 0 Å². The molecule has 0 radical (unpaired) electrons. The summed E-state index contributed by atoms with van der Waals surface area (Å²) in [6.45, 7) is 4.43. The number of benzene rings is 1. The molecular weight excluding hydrogens is 270 g/mol. The van der Waals surface area contributed by atoms with Crippen LogP contribution in [0.5, 0.6) is 0 Å².